The summed E-state index contributed by atoms with van der Waals surface area (Å²) in [5.41, 5.74) is 1.09. The lowest BCUT2D eigenvalue weighted by atomic mass is 9.96. The van der Waals surface area contributed by atoms with Crippen LogP contribution >= 0.6 is 24.8 Å². The van der Waals surface area contributed by atoms with Gasteiger partial charge in [-0.1, -0.05) is 6.07 Å². The third kappa shape index (κ3) is 7.30. The van der Waals surface area contributed by atoms with E-state index in [1.807, 2.05) is 29.3 Å². The summed E-state index contributed by atoms with van der Waals surface area (Å²) in [5, 5.41) is 0. The van der Waals surface area contributed by atoms with Crippen molar-refractivity contribution < 1.29 is 17.9 Å². The van der Waals surface area contributed by atoms with Crippen LogP contribution in [0.15, 0.2) is 53.6 Å². The predicted molar refractivity (Wildman–Crippen MR) is 140 cm³/mol. The predicted octanol–water partition coefficient (Wildman–Crippen LogP) is 2.72. The Morgan fingerprint density at radius 3 is 2.20 bits per heavy atom. The van der Waals surface area contributed by atoms with E-state index in [2.05, 4.69) is 9.88 Å². The lowest BCUT2D eigenvalue weighted by Gasteiger charge is -2.38. The topological polar surface area (TPSA) is 83.0 Å². The van der Waals surface area contributed by atoms with Gasteiger partial charge in [-0.25, -0.2) is 8.42 Å². The molecule has 1 amide bonds. The lowest BCUT2D eigenvalue weighted by molar-refractivity contribution is -0.138. The van der Waals surface area contributed by atoms with Crippen molar-refractivity contribution in [3.05, 3.63) is 54.4 Å². The van der Waals surface area contributed by atoms with Crippen molar-refractivity contribution in [1.82, 2.24) is 19.1 Å². The Bertz CT molecular complexity index is 1030. The van der Waals surface area contributed by atoms with Gasteiger partial charge in [0.1, 0.15) is 5.75 Å². The van der Waals surface area contributed by atoms with Crippen molar-refractivity contribution >= 4 is 40.7 Å². The molecule has 2 aliphatic rings. The van der Waals surface area contributed by atoms with Crippen LogP contribution in [0.4, 0.5) is 0 Å². The number of rotatable bonds is 7. The largest absolute Gasteiger partial charge is 0.497 e. The number of pyridine rings is 1. The molecular weight excluding hydrogens is 511 g/mol. The molecule has 3 heterocycles. The van der Waals surface area contributed by atoms with Crippen LogP contribution in [0.25, 0.3) is 0 Å². The van der Waals surface area contributed by atoms with Gasteiger partial charge in [-0.2, -0.15) is 4.31 Å². The number of nitrogens with zero attached hydrogens (tertiary/aromatic N) is 4. The number of methoxy groups -OCH3 is 1. The van der Waals surface area contributed by atoms with Crippen molar-refractivity contribution in [1.29, 1.82) is 0 Å². The number of carbonyl (C=O) groups excluding carboxylic acids is 1. The molecule has 0 atom stereocenters. The van der Waals surface area contributed by atoms with Crippen molar-refractivity contribution in [2.75, 3.05) is 52.9 Å². The molecule has 2 aliphatic heterocycles. The molecule has 0 aliphatic carbocycles. The first-order chi connectivity index (χ1) is 16.0. The highest BCUT2D eigenvalue weighted by Gasteiger charge is 2.34. The smallest absolute Gasteiger partial charge is 0.243 e. The molecule has 8 nitrogen and oxygen atoms in total. The molecule has 2 fully saturated rings. The fraction of sp³-hybridized carbons (Fsp3) is 0.500. The molecular formula is C24H34Cl2N4O4S. The Labute approximate surface area is 220 Å². The number of aromatic nitrogens is 1. The summed E-state index contributed by atoms with van der Waals surface area (Å²) in [4.78, 5) is 22.0. The minimum absolute atomic E-state index is 0. The normalized spacial score (nSPS) is 17.8. The van der Waals surface area contributed by atoms with E-state index < -0.39 is 10.0 Å². The second-order valence-corrected chi connectivity index (χ2v) is 10.5. The van der Waals surface area contributed by atoms with Gasteiger partial charge < -0.3 is 9.64 Å². The molecule has 194 valence electrons. The van der Waals surface area contributed by atoms with E-state index in [0.717, 1.165) is 44.8 Å². The average molecular weight is 546 g/mol. The Morgan fingerprint density at radius 2 is 1.63 bits per heavy atom. The first-order valence-electron chi connectivity index (χ1n) is 11.5. The van der Waals surface area contributed by atoms with E-state index in [0.29, 0.717) is 31.7 Å². The van der Waals surface area contributed by atoms with E-state index in [4.69, 9.17) is 4.74 Å². The summed E-state index contributed by atoms with van der Waals surface area (Å²) in [5.74, 6) is 0.684. The van der Waals surface area contributed by atoms with Crippen LogP contribution in [0.3, 0.4) is 0 Å². The van der Waals surface area contributed by atoms with Gasteiger partial charge in [-0.15, -0.1) is 24.8 Å². The fourth-order valence-electron chi connectivity index (χ4n) is 4.51. The van der Waals surface area contributed by atoms with E-state index in [-0.39, 0.29) is 41.5 Å². The number of halogens is 2. The third-order valence-corrected chi connectivity index (χ3v) is 8.51. The molecule has 11 heteroatoms. The van der Waals surface area contributed by atoms with Crippen molar-refractivity contribution in [2.24, 2.45) is 5.92 Å². The van der Waals surface area contributed by atoms with Gasteiger partial charge in [-0.3, -0.25) is 14.7 Å². The molecule has 0 unspecified atom stereocenters. The Balaban J connectivity index is 0.00000216. The fourth-order valence-corrected chi connectivity index (χ4v) is 5.98. The SMILES string of the molecule is COc1ccc(S(=O)(=O)N2CCC(C(=O)N3CCN(CCc4ccccn4)CC3)CC2)cc1.Cl.Cl. The maximum absolute atomic E-state index is 13.1. The minimum Gasteiger partial charge on any atom is -0.497 e. The number of amides is 1. The molecule has 1 aromatic heterocycles. The third-order valence-electron chi connectivity index (χ3n) is 6.59. The number of piperidine rings is 1. The summed E-state index contributed by atoms with van der Waals surface area (Å²) in [6.07, 6.45) is 3.86. The highest BCUT2D eigenvalue weighted by atomic mass is 35.5. The van der Waals surface area contributed by atoms with Gasteiger partial charge in [-0.05, 0) is 49.2 Å². The zero-order chi connectivity index (χ0) is 23.3. The maximum atomic E-state index is 13.1. The summed E-state index contributed by atoms with van der Waals surface area (Å²) in [6, 6.07) is 12.4. The van der Waals surface area contributed by atoms with Crippen LogP contribution < -0.4 is 4.74 Å². The molecule has 0 saturated carbocycles. The summed E-state index contributed by atoms with van der Waals surface area (Å²) < 4.78 is 32.5. The average Bonchev–Trinajstić information content (AvgIpc) is 2.88. The molecule has 0 spiro atoms. The van der Waals surface area contributed by atoms with Crippen LogP contribution in [0, 0.1) is 5.92 Å². The summed E-state index contributed by atoms with van der Waals surface area (Å²) >= 11 is 0. The minimum atomic E-state index is -3.56. The summed E-state index contributed by atoms with van der Waals surface area (Å²) in [6.45, 7) is 4.87. The second kappa shape index (κ2) is 13.4. The molecule has 2 aromatic rings. The first-order valence-corrected chi connectivity index (χ1v) is 13.0. The van der Waals surface area contributed by atoms with Gasteiger partial charge in [0.05, 0.1) is 12.0 Å². The maximum Gasteiger partial charge on any atom is 0.243 e. The molecule has 0 bridgehead atoms. The van der Waals surface area contributed by atoms with E-state index in [1.54, 1.807) is 31.4 Å². The van der Waals surface area contributed by atoms with E-state index in [1.165, 1.54) is 4.31 Å². The quantitative estimate of drug-likeness (QED) is 0.532. The molecule has 4 rings (SSSR count). The van der Waals surface area contributed by atoms with Gasteiger partial charge in [0.15, 0.2) is 0 Å². The van der Waals surface area contributed by atoms with E-state index in [9.17, 15) is 13.2 Å². The summed E-state index contributed by atoms with van der Waals surface area (Å²) in [7, 11) is -2.01. The first kappa shape index (κ1) is 29.3. The van der Waals surface area contributed by atoms with Crippen LogP contribution in [0.2, 0.25) is 0 Å². The van der Waals surface area contributed by atoms with Crippen molar-refractivity contribution in [2.45, 2.75) is 24.2 Å². The standard InChI is InChI=1S/C24H32N4O4S.2ClH/c1-32-22-5-7-23(8-6-22)33(30,31)28-14-9-20(10-15-28)24(29)27-18-16-26(17-19-27)13-11-21-4-2-3-12-25-21;;/h2-8,12,20H,9-11,13-19H2,1H3;2*1H. The number of piperazine rings is 1. The zero-order valence-corrected chi connectivity index (χ0v) is 22.4. The molecule has 0 N–H and O–H groups in total. The van der Waals surface area contributed by atoms with Crippen LogP contribution in [-0.2, 0) is 21.2 Å². The van der Waals surface area contributed by atoms with Gasteiger partial charge in [0.25, 0.3) is 0 Å². The number of hydrogen-bond donors (Lipinski definition) is 0. The number of ether oxygens (including phenoxy) is 1. The number of carbonyl (C=O) groups is 1. The van der Waals surface area contributed by atoms with Crippen molar-refractivity contribution in [3.63, 3.8) is 0 Å². The number of hydrogen-bond acceptors (Lipinski definition) is 6. The van der Waals surface area contributed by atoms with Gasteiger partial charge in [0, 0.05) is 70.0 Å². The van der Waals surface area contributed by atoms with Crippen LogP contribution in [0.5, 0.6) is 5.75 Å². The molecule has 35 heavy (non-hydrogen) atoms. The van der Waals surface area contributed by atoms with Crippen LogP contribution in [0.1, 0.15) is 18.5 Å². The van der Waals surface area contributed by atoms with Crippen molar-refractivity contribution in [3.8, 4) is 5.75 Å². The van der Waals surface area contributed by atoms with Crippen LogP contribution in [-0.4, -0.2) is 86.3 Å². The zero-order valence-electron chi connectivity index (χ0n) is 19.9. The monoisotopic (exact) mass is 544 g/mol. The number of sulfonamides is 1. The molecule has 2 saturated heterocycles. The van der Waals surface area contributed by atoms with Gasteiger partial charge in [0.2, 0.25) is 15.9 Å². The highest BCUT2D eigenvalue weighted by Crippen LogP contribution is 2.26. The van der Waals surface area contributed by atoms with E-state index >= 15 is 0 Å². The Morgan fingerprint density at radius 1 is 0.971 bits per heavy atom. The van der Waals surface area contributed by atoms with Gasteiger partial charge >= 0.3 is 0 Å². The Kier molecular flexibility index (Phi) is 11.2. The molecule has 0 radical (unpaired) electrons. The lowest BCUT2D eigenvalue weighted by Crippen LogP contribution is -2.52. The number of benzene rings is 1. The highest BCUT2D eigenvalue weighted by molar-refractivity contribution is 7.89. The molecule has 1 aromatic carbocycles. The second-order valence-electron chi connectivity index (χ2n) is 8.59. The Hall–Kier alpha value is -1.91.